The lowest BCUT2D eigenvalue weighted by Gasteiger charge is -2.07. The third-order valence-corrected chi connectivity index (χ3v) is 3.11. The number of rotatable bonds is 7. The van der Waals surface area contributed by atoms with E-state index < -0.39 is 0 Å². The van der Waals surface area contributed by atoms with Crippen LogP contribution in [0.4, 0.5) is 0 Å². The standard InChI is InChI=1S/C14H18Cl2N2O2/c1-3-10(2)17-18-14(19)5-4-8-20-13-7-6-11(15)9-12(13)16/h6-7,9H,3-5,8H2,1-2H3,(H,18,19)/b17-10-. The molecule has 1 aromatic rings. The normalized spacial score (nSPS) is 11.3. The van der Waals surface area contributed by atoms with Crippen LogP contribution in [0.15, 0.2) is 23.3 Å². The van der Waals surface area contributed by atoms with Crippen LogP contribution < -0.4 is 10.2 Å². The Bertz CT molecular complexity index is 490. The number of nitrogens with zero attached hydrogens (tertiary/aromatic N) is 1. The Morgan fingerprint density at radius 1 is 1.40 bits per heavy atom. The second-order valence-corrected chi connectivity index (χ2v) is 5.11. The summed E-state index contributed by atoms with van der Waals surface area (Å²) < 4.78 is 5.48. The number of hydrazone groups is 1. The first kappa shape index (κ1) is 16.8. The summed E-state index contributed by atoms with van der Waals surface area (Å²) in [6.07, 6.45) is 1.76. The number of hydrogen-bond donors (Lipinski definition) is 1. The number of hydrogen-bond acceptors (Lipinski definition) is 3. The van der Waals surface area contributed by atoms with E-state index in [1.165, 1.54) is 0 Å². The first-order chi connectivity index (χ1) is 9.52. The summed E-state index contributed by atoms with van der Waals surface area (Å²) in [7, 11) is 0. The van der Waals surface area contributed by atoms with Crippen molar-refractivity contribution >= 4 is 34.8 Å². The molecular formula is C14H18Cl2N2O2. The molecule has 0 heterocycles. The topological polar surface area (TPSA) is 50.7 Å². The molecule has 1 amide bonds. The Kier molecular flexibility index (Phi) is 7.41. The molecule has 0 saturated carbocycles. The van der Waals surface area contributed by atoms with E-state index in [2.05, 4.69) is 10.5 Å². The van der Waals surface area contributed by atoms with Crippen LogP contribution in [0.25, 0.3) is 0 Å². The molecule has 1 aromatic carbocycles. The van der Waals surface area contributed by atoms with Crippen molar-refractivity contribution < 1.29 is 9.53 Å². The molecule has 0 atom stereocenters. The lowest BCUT2D eigenvalue weighted by molar-refractivity contribution is -0.121. The van der Waals surface area contributed by atoms with Gasteiger partial charge >= 0.3 is 0 Å². The molecule has 0 bridgehead atoms. The van der Waals surface area contributed by atoms with E-state index in [9.17, 15) is 4.79 Å². The number of benzene rings is 1. The fourth-order valence-corrected chi connectivity index (χ4v) is 1.76. The van der Waals surface area contributed by atoms with Gasteiger partial charge in [0.2, 0.25) is 5.91 Å². The van der Waals surface area contributed by atoms with E-state index in [0.717, 1.165) is 12.1 Å². The van der Waals surface area contributed by atoms with E-state index in [1.54, 1.807) is 18.2 Å². The molecular weight excluding hydrogens is 299 g/mol. The number of halogens is 2. The second kappa shape index (κ2) is 8.82. The molecule has 4 nitrogen and oxygen atoms in total. The van der Waals surface area contributed by atoms with Crippen molar-refractivity contribution in [3.05, 3.63) is 28.2 Å². The summed E-state index contributed by atoms with van der Waals surface area (Å²) in [6.45, 7) is 4.26. The Morgan fingerprint density at radius 3 is 2.80 bits per heavy atom. The average Bonchev–Trinajstić information content (AvgIpc) is 2.42. The van der Waals surface area contributed by atoms with E-state index in [4.69, 9.17) is 27.9 Å². The molecule has 0 fully saturated rings. The lowest BCUT2D eigenvalue weighted by Crippen LogP contribution is -2.19. The molecule has 0 unspecified atom stereocenters. The monoisotopic (exact) mass is 316 g/mol. The van der Waals surface area contributed by atoms with Gasteiger partial charge in [0.05, 0.1) is 11.6 Å². The minimum absolute atomic E-state index is 0.122. The molecule has 0 saturated heterocycles. The third-order valence-electron chi connectivity index (χ3n) is 2.58. The Morgan fingerprint density at radius 2 is 2.15 bits per heavy atom. The Labute approximate surface area is 129 Å². The predicted molar refractivity (Wildman–Crippen MR) is 82.7 cm³/mol. The minimum atomic E-state index is -0.122. The number of carbonyl (C=O) groups is 1. The van der Waals surface area contributed by atoms with Crippen LogP contribution in [0, 0.1) is 0 Å². The van der Waals surface area contributed by atoms with Crippen LogP contribution in [-0.2, 0) is 4.79 Å². The second-order valence-electron chi connectivity index (χ2n) is 4.26. The van der Waals surface area contributed by atoms with Gasteiger partial charge in [-0.3, -0.25) is 4.79 Å². The number of amides is 1. The van der Waals surface area contributed by atoms with Gasteiger partial charge in [-0.25, -0.2) is 5.43 Å². The highest BCUT2D eigenvalue weighted by molar-refractivity contribution is 6.35. The number of ether oxygens (including phenoxy) is 1. The van der Waals surface area contributed by atoms with Crippen molar-refractivity contribution in [1.82, 2.24) is 5.43 Å². The summed E-state index contributed by atoms with van der Waals surface area (Å²) in [5.74, 6) is 0.444. The first-order valence-electron chi connectivity index (χ1n) is 6.42. The van der Waals surface area contributed by atoms with Gasteiger partial charge in [0.25, 0.3) is 0 Å². The van der Waals surface area contributed by atoms with Gasteiger partial charge in [0.15, 0.2) is 0 Å². The Balaban J connectivity index is 2.26. The van der Waals surface area contributed by atoms with Crippen molar-refractivity contribution in [2.24, 2.45) is 5.10 Å². The predicted octanol–water partition coefficient (Wildman–Crippen LogP) is 4.05. The first-order valence-corrected chi connectivity index (χ1v) is 7.18. The fraction of sp³-hybridized carbons (Fsp3) is 0.429. The molecule has 0 aliphatic carbocycles. The maximum Gasteiger partial charge on any atom is 0.240 e. The molecule has 6 heteroatoms. The van der Waals surface area contributed by atoms with E-state index >= 15 is 0 Å². The smallest absolute Gasteiger partial charge is 0.240 e. The average molecular weight is 317 g/mol. The molecule has 0 aliphatic heterocycles. The molecule has 1 rings (SSSR count). The van der Waals surface area contributed by atoms with Gasteiger partial charge in [-0.05, 0) is 38.0 Å². The van der Waals surface area contributed by atoms with Gasteiger partial charge < -0.3 is 4.74 Å². The van der Waals surface area contributed by atoms with Gasteiger partial charge in [-0.1, -0.05) is 30.1 Å². The SMILES string of the molecule is CC/C(C)=N\NC(=O)CCCOc1ccc(Cl)cc1Cl. The zero-order chi connectivity index (χ0) is 15.0. The molecule has 110 valence electrons. The third kappa shape index (κ3) is 6.26. The van der Waals surface area contributed by atoms with Crippen LogP contribution in [0.2, 0.25) is 10.0 Å². The summed E-state index contributed by atoms with van der Waals surface area (Å²) in [5, 5.41) is 4.97. The van der Waals surface area contributed by atoms with Crippen LogP contribution in [-0.4, -0.2) is 18.2 Å². The van der Waals surface area contributed by atoms with Crippen molar-refractivity contribution in [3.8, 4) is 5.75 Å². The van der Waals surface area contributed by atoms with E-state index in [-0.39, 0.29) is 5.91 Å². The van der Waals surface area contributed by atoms with Crippen molar-refractivity contribution in [1.29, 1.82) is 0 Å². The molecule has 0 radical (unpaired) electrons. The van der Waals surface area contributed by atoms with Crippen molar-refractivity contribution in [2.75, 3.05) is 6.61 Å². The Hall–Kier alpha value is -1.26. The summed E-state index contributed by atoms with van der Waals surface area (Å²) in [5.41, 5.74) is 3.39. The number of nitrogens with one attached hydrogen (secondary N) is 1. The van der Waals surface area contributed by atoms with E-state index in [1.807, 2.05) is 13.8 Å². The lowest BCUT2D eigenvalue weighted by atomic mass is 10.3. The maximum atomic E-state index is 11.5. The van der Waals surface area contributed by atoms with Crippen LogP contribution in [0.3, 0.4) is 0 Å². The van der Waals surface area contributed by atoms with Crippen LogP contribution in [0.1, 0.15) is 33.1 Å². The molecule has 1 N–H and O–H groups in total. The highest BCUT2D eigenvalue weighted by atomic mass is 35.5. The van der Waals surface area contributed by atoms with Crippen molar-refractivity contribution in [3.63, 3.8) is 0 Å². The van der Waals surface area contributed by atoms with E-state index in [0.29, 0.717) is 35.2 Å². The summed E-state index contributed by atoms with van der Waals surface area (Å²) in [6, 6.07) is 5.03. The molecule has 0 aliphatic rings. The summed E-state index contributed by atoms with van der Waals surface area (Å²) in [4.78, 5) is 11.5. The minimum Gasteiger partial charge on any atom is -0.492 e. The zero-order valence-electron chi connectivity index (χ0n) is 11.6. The van der Waals surface area contributed by atoms with Crippen LogP contribution in [0.5, 0.6) is 5.75 Å². The molecule has 0 aromatic heterocycles. The fourth-order valence-electron chi connectivity index (χ4n) is 1.30. The van der Waals surface area contributed by atoms with Gasteiger partial charge in [-0.15, -0.1) is 0 Å². The number of carbonyl (C=O) groups excluding carboxylic acids is 1. The van der Waals surface area contributed by atoms with Gasteiger partial charge in [-0.2, -0.15) is 5.10 Å². The van der Waals surface area contributed by atoms with Crippen molar-refractivity contribution in [2.45, 2.75) is 33.1 Å². The molecule has 0 spiro atoms. The van der Waals surface area contributed by atoms with Gasteiger partial charge in [0.1, 0.15) is 5.75 Å². The highest BCUT2D eigenvalue weighted by Gasteiger charge is 2.04. The maximum absolute atomic E-state index is 11.5. The molecule has 20 heavy (non-hydrogen) atoms. The highest BCUT2D eigenvalue weighted by Crippen LogP contribution is 2.27. The van der Waals surface area contributed by atoms with Crippen LogP contribution >= 0.6 is 23.2 Å². The van der Waals surface area contributed by atoms with Gasteiger partial charge in [0, 0.05) is 17.2 Å². The summed E-state index contributed by atoms with van der Waals surface area (Å²) >= 11 is 11.8. The zero-order valence-corrected chi connectivity index (χ0v) is 13.1. The quantitative estimate of drug-likeness (QED) is 0.468. The largest absolute Gasteiger partial charge is 0.492 e.